The number of anilines is 14. The number of nitrogens with zero attached hydrogens (tertiary/aromatic N) is 13. The second-order valence-electron chi connectivity index (χ2n) is 24.2. The van der Waals surface area contributed by atoms with Crippen LogP contribution in [0.2, 0.25) is 0 Å². The van der Waals surface area contributed by atoms with Gasteiger partial charge in [-0.2, -0.15) is 53.4 Å². The van der Waals surface area contributed by atoms with Crippen molar-refractivity contribution in [1.82, 2.24) is 75.4 Å². The van der Waals surface area contributed by atoms with Crippen LogP contribution in [-0.2, 0) is 21.1 Å². The lowest BCUT2D eigenvalue weighted by molar-refractivity contribution is -0.136. The Morgan fingerprint density at radius 3 is 1.38 bits per heavy atom. The van der Waals surface area contributed by atoms with Gasteiger partial charge < -0.3 is 41.5 Å². The number of halogens is 3. The van der Waals surface area contributed by atoms with Crippen LogP contribution < -0.4 is 42.1 Å². The minimum absolute atomic E-state index is 0.123. The smallest absolute Gasteiger partial charge is 0.372 e. The number of H-pyrrole nitrogens is 3. The minimum Gasteiger partial charge on any atom is -0.372 e. The standard InChI is InChI=1S/C25H25N7OS.C22H16F3N7OS.C21H21N9S2/c1-15-13-32(14-16(2)33-15)20-6-3-18(4-7-20)28-25-29-22-9-10-34-23(22)24(30-25)27-19-5-8-21-17(11-19)12-26-31-21;1-11(33)27-17-5-3-14(9-15(17)22(23,24)25)29-21-30-18-6-7-34-19(18)20(31-21)28-13-2-4-16-12(8-13)10-26-32-16;1-21(2,3)17-26-19(29-20(27-17)31-4)28-18-24-14-7-8-32-15(14)16(25-18)23-12-5-6-13-11(9-12)10-22-30-13/h3-12,15-16H,13-14H2,1-2H3,(H,26,31)(H2,27,28,29,30);2-10H,1H3,(H,26,32)(H,27,33)(H2,28,29,30,31);5-10H,1-4H3,(H,22,30)(H2,23,24,25,26,27,28,29). The monoisotopic (exact) mass is 1420 g/mol. The maximum absolute atomic E-state index is 13.6. The maximum Gasteiger partial charge on any atom is 0.418 e. The molecule has 16 rings (SSSR count). The average molecular weight is 1420 g/mol. The van der Waals surface area contributed by atoms with Crippen molar-refractivity contribution in [2.45, 2.75) is 70.5 Å². The molecule has 10 N–H and O–H groups in total. The number of nitrogens with one attached hydrogen (secondary N) is 10. The Kier molecular flexibility index (Phi) is 18.5. The van der Waals surface area contributed by atoms with Gasteiger partial charge in [-0.1, -0.05) is 32.5 Å². The summed E-state index contributed by atoms with van der Waals surface area (Å²) in [6.45, 7) is 13.4. The molecule has 25 nitrogen and oxygen atoms in total. The average Bonchev–Trinajstić information content (AvgIpc) is 1.47. The van der Waals surface area contributed by atoms with E-state index in [4.69, 9.17) is 19.7 Å². The normalized spacial score (nSPS) is 14.0. The van der Waals surface area contributed by atoms with Crippen molar-refractivity contribution < 1.29 is 22.7 Å². The summed E-state index contributed by atoms with van der Waals surface area (Å²) in [4.78, 5) is 55.1. The highest BCUT2D eigenvalue weighted by Gasteiger charge is 2.34. The Hall–Kier alpha value is -11.2. The Morgan fingerprint density at radius 1 is 0.520 bits per heavy atom. The van der Waals surface area contributed by atoms with E-state index in [1.54, 1.807) is 41.1 Å². The van der Waals surface area contributed by atoms with Crippen LogP contribution in [0, 0.1) is 0 Å². The Balaban J connectivity index is 0.000000128. The molecule has 2 unspecified atom stereocenters. The van der Waals surface area contributed by atoms with Crippen LogP contribution in [0.5, 0.6) is 0 Å². The first kappa shape index (κ1) is 66.1. The second kappa shape index (κ2) is 28.0. The third-order valence-corrected chi connectivity index (χ3v) is 18.8. The Bertz CT molecular complexity index is 5450. The lowest BCUT2D eigenvalue weighted by atomic mass is 9.96. The highest BCUT2D eigenvalue weighted by Crippen LogP contribution is 2.39. The summed E-state index contributed by atoms with van der Waals surface area (Å²) in [5, 5.41) is 52.3. The van der Waals surface area contributed by atoms with E-state index in [9.17, 15) is 18.0 Å². The van der Waals surface area contributed by atoms with Crippen molar-refractivity contribution in [2.24, 2.45) is 0 Å². The first-order valence-electron chi connectivity index (χ1n) is 31.2. The fourth-order valence-electron chi connectivity index (χ4n) is 11.0. The van der Waals surface area contributed by atoms with E-state index >= 15 is 0 Å². The lowest BCUT2D eigenvalue weighted by Gasteiger charge is -2.36. The van der Waals surface area contributed by atoms with Crippen LogP contribution in [0.1, 0.15) is 52.9 Å². The quantitative estimate of drug-likeness (QED) is 0.0426. The van der Waals surface area contributed by atoms with Gasteiger partial charge in [0.1, 0.15) is 5.82 Å². The third kappa shape index (κ3) is 15.2. The molecule has 1 saturated heterocycles. The van der Waals surface area contributed by atoms with Crippen LogP contribution in [0.3, 0.4) is 0 Å². The number of thioether (sulfide) groups is 1. The topological polar surface area (TPSA) is 316 Å². The van der Waals surface area contributed by atoms with Crippen molar-refractivity contribution in [2.75, 3.05) is 61.5 Å². The van der Waals surface area contributed by atoms with Crippen LogP contribution in [0.25, 0.3) is 63.4 Å². The number of benzene rings is 5. The highest BCUT2D eigenvalue weighted by molar-refractivity contribution is 7.98. The summed E-state index contributed by atoms with van der Waals surface area (Å²) in [6, 6.07) is 35.4. The molecule has 2 atom stereocenters. The van der Waals surface area contributed by atoms with Gasteiger partial charge in [0, 0.05) is 75.7 Å². The molecule has 1 fully saturated rings. The van der Waals surface area contributed by atoms with Crippen molar-refractivity contribution in [3.8, 4) is 0 Å². The summed E-state index contributed by atoms with van der Waals surface area (Å²) in [5.74, 6) is 3.64. The largest absolute Gasteiger partial charge is 0.418 e. The molecule has 32 heteroatoms. The number of amides is 1. The Morgan fingerprint density at radius 2 is 0.940 bits per heavy atom. The number of ether oxygens (including phenoxy) is 1. The van der Waals surface area contributed by atoms with Crippen molar-refractivity contribution in [3.05, 3.63) is 161 Å². The van der Waals surface area contributed by atoms with E-state index in [1.165, 1.54) is 40.9 Å². The number of aromatic nitrogens is 15. The van der Waals surface area contributed by atoms with Gasteiger partial charge in [-0.15, -0.1) is 34.0 Å². The first-order chi connectivity index (χ1) is 48.2. The third-order valence-electron chi connectivity index (χ3n) is 15.5. The summed E-state index contributed by atoms with van der Waals surface area (Å²) in [6.07, 6.45) is 3.06. The molecular formula is C68H62F3N23O2S4. The van der Waals surface area contributed by atoms with E-state index in [2.05, 4.69) is 168 Å². The van der Waals surface area contributed by atoms with Crippen LogP contribution in [0.4, 0.5) is 94.2 Å². The van der Waals surface area contributed by atoms with E-state index in [1.807, 2.05) is 89.3 Å². The predicted octanol–water partition coefficient (Wildman–Crippen LogP) is 17.0. The lowest BCUT2D eigenvalue weighted by Crippen LogP contribution is -2.45. The first-order valence-corrected chi connectivity index (χ1v) is 35.1. The highest BCUT2D eigenvalue weighted by atomic mass is 32.2. The minimum atomic E-state index is -4.66. The van der Waals surface area contributed by atoms with Gasteiger partial charge in [0.2, 0.25) is 29.7 Å². The molecule has 1 amide bonds. The molecule has 0 aliphatic carbocycles. The Labute approximate surface area is 584 Å². The van der Waals surface area contributed by atoms with Gasteiger partial charge in [-0.25, -0.2) is 19.9 Å². The van der Waals surface area contributed by atoms with Gasteiger partial charge >= 0.3 is 6.18 Å². The molecule has 0 spiro atoms. The van der Waals surface area contributed by atoms with Gasteiger partial charge in [-0.05, 0) is 152 Å². The number of fused-ring (bicyclic) bond motifs is 6. The zero-order valence-corrected chi connectivity index (χ0v) is 57.7. The molecule has 0 radical (unpaired) electrons. The molecule has 1 aliphatic rings. The zero-order chi connectivity index (χ0) is 69.2. The molecule has 0 bridgehead atoms. The number of carbonyl (C=O) groups excluding carboxylic acids is 1. The maximum atomic E-state index is 13.6. The molecule has 11 heterocycles. The van der Waals surface area contributed by atoms with Gasteiger partial charge in [-0.3, -0.25) is 25.4 Å². The number of aromatic amines is 3. The van der Waals surface area contributed by atoms with Crippen molar-refractivity contribution in [1.29, 1.82) is 0 Å². The molecule has 10 aromatic heterocycles. The molecule has 0 saturated carbocycles. The zero-order valence-electron chi connectivity index (χ0n) is 54.4. The van der Waals surface area contributed by atoms with Crippen LogP contribution in [0.15, 0.2) is 155 Å². The summed E-state index contributed by atoms with van der Waals surface area (Å²) in [7, 11) is 0. The number of morpholine rings is 1. The molecular weight excluding hydrogens is 1360 g/mol. The van der Waals surface area contributed by atoms with E-state index in [0.717, 1.165) is 112 Å². The van der Waals surface area contributed by atoms with E-state index < -0.39 is 17.6 Å². The summed E-state index contributed by atoms with van der Waals surface area (Å²) < 4.78 is 49.3. The van der Waals surface area contributed by atoms with Gasteiger partial charge in [0.15, 0.2) is 22.6 Å². The van der Waals surface area contributed by atoms with Gasteiger partial charge in [0.05, 0.1) is 89.2 Å². The predicted molar refractivity (Wildman–Crippen MR) is 395 cm³/mol. The van der Waals surface area contributed by atoms with Crippen LogP contribution in [-0.4, -0.2) is 113 Å². The second-order valence-corrected chi connectivity index (χ2v) is 27.7. The number of alkyl halides is 3. The summed E-state index contributed by atoms with van der Waals surface area (Å²) in [5.41, 5.74) is 8.65. The fourth-order valence-corrected chi connectivity index (χ4v) is 13.7. The summed E-state index contributed by atoms with van der Waals surface area (Å²) >= 11 is 6.13. The molecule has 5 aromatic carbocycles. The molecule has 1 aliphatic heterocycles. The number of thiophene rings is 3. The number of rotatable bonds is 15. The van der Waals surface area contributed by atoms with Crippen LogP contribution >= 0.6 is 45.8 Å². The number of hydrogen-bond donors (Lipinski definition) is 10. The van der Waals surface area contributed by atoms with E-state index in [-0.39, 0.29) is 34.9 Å². The number of hydrogen-bond acceptors (Lipinski definition) is 25. The SMILES string of the molecule is CC(=O)Nc1ccc(Nc2nc(Nc3ccc4[nH]ncc4c3)c3sccc3n2)cc1C(F)(F)F.CC1CN(c2ccc(Nc3nc(Nc4ccc5[nH]ncc5c4)c4sccc4n3)cc2)CC(C)O1.CSc1nc(Nc2nc(Nc3ccc4[nH]ncc4c3)c3sccc3n2)nc(C(C)(C)C)n1. The van der Waals surface area contributed by atoms with Crippen molar-refractivity contribution in [3.63, 3.8) is 0 Å². The number of carbonyl (C=O) groups is 1. The molecule has 15 aromatic rings. The fraction of sp³-hybridized carbons (Fsp3) is 0.191. The van der Waals surface area contributed by atoms with Crippen molar-refractivity contribution >= 4 is 196 Å². The van der Waals surface area contributed by atoms with Gasteiger partial charge in [0.25, 0.3) is 0 Å². The van der Waals surface area contributed by atoms with E-state index in [0.29, 0.717) is 46.0 Å². The molecule has 100 heavy (non-hydrogen) atoms. The molecule has 506 valence electrons.